The van der Waals surface area contributed by atoms with E-state index in [1.807, 2.05) is 6.08 Å². The summed E-state index contributed by atoms with van der Waals surface area (Å²) in [5.74, 6) is 0.684. The number of rotatable bonds is 2. The van der Waals surface area contributed by atoms with Gasteiger partial charge in [0, 0.05) is 24.2 Å². The highest BCUT2D eigenvalue weighted by atomic mass is 28.4. The van der Waals surface area contributed by atoms with Gasteiger partial charge in [-0.2, -0.15) is 0 Å². The summed E-state index contributed by atoms with van der Waals surface area (Å²) in [6.45, 7) is 11.3. The summed E-state index contributed by atoms with van der Waals surface area (Å²) in [5.41, 5.74) is 0.920. The van der Waals surface area contributed by atoms with Crippen molar-refractivity contribution in [3.8, 4) is 0 Å². The maximum absolute atomic E-state index is 12.4. The Morgan fingerprint density at radius 3 is 2.54 bits per heavy atom. The highest BCUT2D eigenvalue weighted by Gasteiger charge is 2.54. The van der Waals surface area contributed by atoms with E-state index in [4.69, 9.17) is 4.43 Å². The molecule has 3 aliphatic carbocycles. The van der Waals surface area contributed by atoms with Crippen LogP contribution in [0.2, 0.25) is 18.1 Å². The third kappa shape index (κ3) is 2.88. The van der Waals surface area contributed by atoms with Gasteiger partial charge in [-0.25, -0.2) is 0 Å². The van der Waals surface area contributed by atoms with Crippen LogP contribution in [0.15, 0.2) is 23.8 Å². The highest BCUT2D eigenvalue weighted by Crippen LogP contribution is 2.55. The van der Waals surface area contributed by atoms with E-state index in [0.29, 0.717) is 12.8 Å². The lowest BCUT2D eigenvalue weighted by Gasteiger charge is -2.53. The van der Waals surface area contributed by atoms with Gasteiger partial charge in [-0.05, 0) is 49.5 Å². The van der Waals surface area contributed by atoms with E-state index in [1.165, 1.54) is 5.57 Å². The Morgan fingerprint density at radius 2 is 1.88 bits per heavy atom. The minimum absolute atomic E-state index is 0.0363. The molecule has 0 aromatic heterocycles. The predicted octanol–water partition coefficient (Wildman–Crippen LogP) is 4.59. The molecule has 2 bridgehead atoms. The second-order valence-electron chi connectivity index (χ2n) is 9.30. The molecule has 3 aliphatic rings. The Kier molecular flexibility index (Phi) is 4.28. The lowest BCUT2D eigenvalue weighted by Crippen LogP contribution is -2.55. The number of carbonyl (C=O) groups excluding carboxylic acids is 2. The molecule has 0 unspecified atom stereocenters. The first-order valence-corrected chi connectivity index (χ1v) is 12.1. The average Bonchev–Trinajstić information content (AvgIpc) is 2.53. The number of hydrogen-bond donors (Lipinski definition) is 0. The Balaban J connectivity index is 2.05. The number of allylic oxidation sites excluding steroid dienone is 2. The van der Waals surface area contributed by atoms with Gasteiger partial charge in [0.1, 0.15) is 0 Å². The summed E-state index contributed by atoms with van der Waals surface area (Å²) in [7, 11) is -1.96. The van der Waals surface area contributed by atoms with Crippen LogP contribution in [0, 0.1) is 11.3 Å². The molecule has 0 amide bonds. The SMILES string of the molecule is CC(C)(C)[Si](C)(C)O[C@H]1[C@H]2C=CC(=O)C[C@@]13CCC(=O)C=C3CC2. The molecule has 4 heteroatoms. The van der Waals surface area contributed by atoms with E-state index >= 15 is 0 Å². The molecule has 0 N–H and O–H groups in total. The summed E-state index contributed by atoms with van der Waals surface area (Å²) >= 11 is 0. The molecule has 3 atom stereocenters. The third-order valence-corrected chi connectivity index (χ3v) is 11.2. The molecule has 1 saturated carbocycles. The first-order chi connectivity index (χ1) is 11.1. The van der Waals surface area contributed by atoms with Crippen LogP contribution in [-0.2, 0) is 14.0 Å². The van der Waals surface area contributed by atoms with Crippen molar-refractivity contribution in [3.63, 3.8) is 0 Å². The van der Waals surface area contributed by atoms with Gasteiger partial charge < -0.3 is 4.43 Å². The van der Waals surface area contributed by atoms with Crippen molar-refractivity contribution in [2.24, 2.45) is 11.3 Å². The van der Waals surface area contributed by atoms with E-state index in [-0.39, 0.29) is 34.0 Å². The average molecular weight is 347 g/mol. The molecule has 24 heavy (non-hydrogen) atoms. The topological polar surface area (TPSA) is 43.4 Å². The number of hydrogen-bond acceptors (Lipinski definition) is 3. The Labute approximate surface area is 146 Å². The van der Waals surface area contributed by atoms with Gasteiger partial charge in [0.25, 0.3) is 0 Å². The van der Waals surface area contributed by atoms with Crippen molar-refractivity contribution >= 4 is 19.9 Å². The zero-order valence-corrected chi connectivity index (χ0v) is 16.6. The zero-order chi connectivity index (χ0) is 17.8. The second kappa shape index (κ2) is 5.77. The molecule has 0 heterocycles. The van der Waals surface area contributed by atoms with Crippen molar-refractivity contribution in [2.75, 3.05) is 0 Å². The first-order valence-electron chi connectivity index (χ1n) is 9.18. The lowest BCUT2D eigenvalue weighted by atomic mass is 9.59. The van der Waals surface area contributed by atoms with E-state index in [2.05, 4.69) is 39.9 Å². The van der Waals surface area contributed by atoms with Gasteiger partial charge in [0.05, 0.1) is 6.10 Å². The van der Waals surface area contributed by atoms with Crippen LogP contribution in [0.5, 0.6) is 0 Å². The number of fused-ring (bicyclic) bond motifs is 1. The molecule has 0 aliphatic heterocycles. The van der Waals surface area contributed by atoms with Crippen LogP contribution in [-0.4, -0.2) is 26.0 Å². The van der Waals surface area contributed by atoms with Crippen molar-refractivity contribution in [1.82, 2.24) is 0 Å². The van der Waals surface area contributed by atoms with E-state index in [9.17, 15) is 9.59 Å². The molecular weight excluding hydrogens is 316 g/mol. The maximum atomic E-state index is 12.4. The van der Waals surface area contributed by atoms with Crippen LogP contribution >= 0.6 is 0 Å². The monoisotopic (exact) mass is 346 g/mol. The second-order valence-corrected chi connectivity index (χ2v) is 14.1. The fourth-order valence-corrected chi connectivity index (χ4v) is 5.63. The highest BCUT2D eigenvalue weighted by molar-refractivity contribution is 6.74. The molecule has 3 nitrogen and oxygen atoms in total. The molecule has 0 aromatic rings. The van der Waals surface area contributed by atoms with E-state index in [1.54, 1.807) is 6.08 Å². The van der Waals surface area contributed by atoms with E-state index < -0.39 is 8.32 Å². The Bertz CT molecular complexity index is 623. The van der Waals surface area contributed by atoms with Gasteiger partial charge in [-0.1, -0.05) is 32.4 Å². The molecule has 0 aromatic carbocycles. The van der Waals surface area contributed by atoms with E-state index in [0.717, 1.165) is 19.3 Å². The molecule has 0 radical (unpaired) electrons. The first kappa shape index (κ1) is 17.8. The molecule has 0 saturated heterocycles. The third-order valence-electron chi connectivity index (χ3n) is 6.72. The fraction of sp³-hybridized carbons (Fsp3) is 0.700. The van der Waals surface area contributed by atoms with Gasteiger partial charge in [-0.15, -0.1) is 0 Å². The summed E-state index contributed by atoms with van der Waals surface area (Å²) in [4.78, 5) is 24.4. The van der Waals surface area contributed by atoms with Gasteiger partial charge in [0.15, 0.2) is 19.9 Å². The summed E-state index contributed by atoms with van der Waals surface area (Å²) < 4.78 is 6.92. The normalized spacial score (nSPS) is 33.8. The quantitative estimate of drug-likeness (QED) is 0.687. The van der Waals surface area contributed by atoms with Crippen LogP contribution in [0.25, 0.3) is 0 Å². The fourth-order valence-electron chi connectivity index (χ4n) is 4.24. The van der Waals surface area contributed by atoms with Crippen LogP contribution < -0.4 is 0 Å². The van der Waals surface area contributed by atoms with Crippen molar-refractivity contribution in [3.05, 3.63) is 23.8 Å². The minimum Gasteiger partial charge on any atom is -0.412 e. The molecule has 1 spiro atoms. The van der Waals surface area contributed by atoms with Gasteiger partial charge in [-0.3, -0.25) is 9.59 Å². The van der Waals surface area contributed by atoms with Gasteiger partial charge >= 0.3 is 0 Å². The standard InChI is InChI=1S/C20H30O3Si/c1-19(2,3)24(4,5)23-18-14-6-8-15-12-16(21)10-11-20(15,18)13-17(22)9-7-14/h7,9,12,14,18H,6,8,10-11,13H2,1-5H3/t14-,18+,20-/m1/s1. The Morgan fingerprint density at radius 1 is 1.17 bits per heavy atom. The maximum Gasteiger partial charge on any atom is 0.192 e. The smallest absolute Gasteiger partial charge is 0.192 e. The number of ketones is 2. The summed E-state index contributed by atoms with van der Waals surface area (Å²) in [5, 5.41) is 0.131. The predicted molar refractivity (Wildman–Crippen MR) is 98.3 cm³/mol. The van der Waals surface area contributed by atoms with Crippen molar-refractivity contribution in [2.45, 2.75) is 77.1 Å². The summed E-state index contributed by atoms with van der Waals surface area (Å²) in [6, 6.07) is 0. The molecule has 132 valence electrons. The molecule has 3 rings (SSSR count). The van der Waals surface area contributed by atoms with Crippen molar-refractivity contribution < 1.29 is 14.0 Å². The largest absolute Gasteiger partial charge is 0.412 e. The van der Waals surface area contributed by atoms with Gasteiger partial charge in [0.2, 0.25) is 0 Å². The van der Waals surface area contributed by atoms with Crippen LogP contribution in [0.4, 0.5) is 0 Å². The van der Waals surface area contributed by atoms with Crippen molar-refractivity contribution in [1.29, 1.82) is 0 Å². The number of carbonyl (C=O) groups is 2. The zero-order valence-electron chi connectivity index (χ0n) is 15.6. The summed E-state index contributed by atoms with van der Waals surface area (Å²) in [6.07, 6.45) is 9.42. The van der Waals surface area contributed by atoms with Crippen LogP contribution in [0.1, 0.15) is 52.9 Å². The lowest BCUT2D eigenvalue weighted by molar-refractivity contribution is -0.122. The molecule has 1 fully saturated rings. The Hall–Kier alpha value is -1.00. The molecular formula is C20H30O3Si. The van der Waals surface area contributed by atoms with Crippen LogP contribution in [0.3, 0.4) is 0 Å². The minimum atomic E-state index is -1.96.